The van der Waals surface area contributed by atoms with Gasteiger partial charge in [-0.3, -0.25) is 9.63 Å². The van der Waals surface area contributed by atoms with Gasteiger partial charge < -0.3 is 4.89 Å². The quantitative estimate of drug-likeness (QED) is 0.450. The average Bonchev–Trinajstić information content (AvgIpc) is 2.35. The minimum absolute atomic E-state index is 0.249. The first-order chi connectivity index (χ1) is 7.81. The van der Waals surface area contributed by atoms with Crippen molar-refractivity contribution in [2.45, 2.75) is 25.7 Å². The molecule has 0 fully saturated rings. The van der Waals surface area contributed by atoms with E-state index in [1.807, 2.05) is 37.3 Å². The first-order valence-corrected chi connectivity index (χ1v) is 6.14. The lowest BCUT2D eigenvalue weighted by Gasteiger charge is -2.24. The highest BCUT2D eigenvalue weighted by Crippen LogP contribution is 2.21. The fourth-order valence-electron chi connectivity index (χ4n) is 1.25. The highest BCUT2D eigenvalue weighted by molar-refractivity contribution is 7.31. The van der Waals surface area contributed by atoms with Crippen LogP contribution in [0.3, 0.4) is 0 Å². The number of hydrogen-bond acceptors (Lipinski definition) is 3. The van der Waals surface area contributed by atoms with Crippen LogP contribution >= 0.6 is 8.81 Å². The van der Waals surface area contributed by atoms with Gasteiger partial charge in [0.15, 0.2) is 0 Å². The summed E-state index contributed by atoms with van der Waals surface area (Å²) < 4.78 is 0. The Morgan fingerprint density at radius 3 is 2.69 bits per heavy atom. The molecule has 1 amide bonds. The van der Waals surface area contributed by atoms with Crippen LogP contribution in [-0.2, 0) is 16.2 Å². The summed E-state index contributed by atoms with van der Waals surface area (Å²) >= 11 is 0. The molecule has 0 aliphatic rings. The predicted octanol–water partition coefficient (Wildman–Crippen LogP) is 1.90. The molecule has 2 atom stereocenters. The van der Waals surface area contributed by atoms with Crippen molar-refractivity contribution in [3.05, 3.63) is 35.9 Å². The zero-order valence-corrected chi connectivity index (χ0v) is 10.2. The lowest BCUT2D eigenvalue weighted by atomic mass is 10.2. The van der Waals surface area contributed by atoms with E-state index in [2.05, 4.69) is 0 Å². The molecule has 1 aromatic carbocycles. The van der Waals surface area contributed by atoms with Gasteiger partial charge in [0, 0.05) is 8.81 Å². The van der Waals surface area contributed by atoms with Gasteiger partial charge in [0.05, 0.1) is 0 Å². The Morgan fingerprint density at radius 2 is 2.19 bits per heavy atom. The number of carbonyl (C=O) groups is 1. The standard InChI is InChI=1S/C11H16NO3P/c1-2-11(16-14)12(9-13)15-8-10-6-4-3-5-7-10/h3-7,9,11,14,16H,2,8H2,1H3. The third-order valence-electron chi connectivity index (χ3n) is 2.17. The van der Waals surface area contributed by atoms with Crippen LogP contribution in [0.2, 0.25) is 0 Å². The van der Waals surface area contributed by atoms with Crippen LogP contribution in [0, 0.1) is 0 Å². The largest absolute Gasteiger partial charge is 0.375 e. The van der Waals surface area contributed by atoms with E-state index in [4.69, 9.17) is 9.73 Å². The number of amides is 1. The van der Waals surface area contributed by atoms with Gasteiger partial charge in [-0.15, -0.1) is 0 Å². The van der Waals surface area contributed by atoms with Crippen molar-refractivity contribution in [2.24, 2.45) is 0 Å². The molecule has 0 bridgehead atoms. The fourth-order valence-corrected chi connectivity index (χ4v) is 1.68. The zero-order chi connectivity index (χ0) is 11.8. The van der Waals surface area contributed by atoms with Crippen LogP contribution in [0.4, 0.5) is 0 Å². The van der Waals surface area contributed by atoms with Gasteiger partial charge in [-0.05, 0) is 12.0 Å². The van der Waals surface area contributed by atoms with Gasteiger partial charge in [0.25, 0.3) is 0 Å². The third-order valence-corrected chi connectivity index (χ3v) is 3.13. The van der Waals surface area contributed by atoms with Crippen molar-refractivity contribution < 1.29 is 14.5 Å². The average molecular weight is 241 g/mol. The van der Waals surface area contributed by atoms with Crippen molar-refractivity contribution in [2.75, 3.05) is 0 Å². The van der Waals surface area contributed by atoms with Crippen molar-refractivity contribution in [1.82, 2.24) is 5.06 Å². The molecular formula is C11H16NO3P. The number of nitrogens with zero attached hydrogens (tertiary/aromatic N) is 1. The molecule has 0 spiro atoms. The van der Waals surface area contributed by atoms with E-state index in [0.717, 1.165) is 5.56 Å². The summed E-state index contributed by atoms with van der Waals surface area (Å²) in [6.07, 6.45) is 1.28. The summed E-state index contributed by atoms with van der Waals surface area (Å²) in [5.74, 6) is -0.249. The van der Waals surface area contributed by atoms with Crippen molar-refractivity contribution in [1.29, 1.82) is 0 Å². The van der Waals surface area contributed by atoms with Gasteiger partial charge in [0.1, 0.15) is 12.4 Å². The zero-order valence-electron chi connectivity index (χ0n) is 9.17. The highest BCUT2D eigenvalue weighted by atomic mass is 31.1. The van der Waals surface area contributed by atoms with Crippen LogP contribution < -0.4 is 0 Å². The maximum atomic E-state index is 10.8. The lowest BCUT2D eigenvalue weighted by molar-refractivity contribution is -0.182. The van der Waals surface area contributed by atoms with Crippen molar-refractivity contribution in [3.63, 3.8) is 0 Å². The van der Waals surface area contributed by atoms with E-state index in [-0.39, 0.29) is 14.6 Å². The summed E-state index contributed by atoms with van der Waals surface area (Å²) in [4.78, 5) is 25.2. The van der Waals surface area contributed by atoms with Gasteiger partial charge >= 0.3 is 0 Å². The predicted molar refractivity (Wildman–Crippen MR) is 63.7 cm³/mol. The molecule has 16 heavy (non-hydrogen) atoms. The molecule has 0 aromatic heterocycles. The Labute approximate surface area is 97.0 Å². The molecule has 1 rings (SSSR count). The van der Waals surface area contributed by atoms with E-state index >= 15 is 0 Å². The topological polar surface area (TPSA) is 49.8 Å². The second-order valence-corrected chi connectivity index (χ2v) is 4.20. The minimum Gasteiger partial charge on any atom is -0.375 e. The van der Waals surface area contributed by atoms with E-state index in [0.29, 0.717) is 19.4 Å². The van der Waals surface area contributed by atoms with E-state index < -0.39 is 0 Å². The minimum atomic E-state index is -0.327. The second-order valence-electron chi connectivity index (χ2n) is 3.28. The van der Waals surface area contributed by atoms with Gasteiger partial charge in [-0.1, -0.05) is 37.3 Å². The fraction of sp³-hybridized carbons (Fsp3) is 0.364. The van der Waals surface area contributed by atoms with Gasteiger partial charge in [-0.25, -0.2) is 5.06 Å². The van der Waals surface area contributed by atoms with Crippen LogP contribution in [0.15, 0.2) is 30.3 Å². The first kappa shape index (κ1) is 13.1. The molecule has 0 radical (unpaired) electrons. The molecule has 1 N–H and O–H groups in total. The molecule has 5 heteroatoms. The molecule has 0 aliphatic carbocycles. The lowest BCUT2D eigenvalue weighted by Crippen LogP contribution is -2.30. The van der Waals surface area contributed by atoms with E-state index in [1.165, 1.54) is 5.06 Å². The van der Waals surface area contributed by atoms with Crippen LogP contribution in [0.5, 0.6) is 0 Å². The molecule has 2 unspecified atom stereocenters. The Hall–Kier alpha value is -0.960. The Kier molecular flexibility index (Phi) is 6.01. The summed E-state index contributed by atoms with van der Waals surface area (Å²) in [5.41, 5.74) is 0.991. The number of hydroxylamine groups is 2. The van der Waals surface area contributed by atoms with Crippen molar-refractivity contribution in [3.8, 4) is 0 Å². The summed E-state index contributed by atoms with van der Waals surface area (Å²) in [7, 11) is -0.327. The summed E-state index contributed by atoms with van der Waals surface area (Å²) in [6, 6.07) is 9.59. The van der Waals surface area contributed by atoms with Crippen LogP contribution in [0.1, 0.15) is 18.9 Å². The maximum absolute atomic E-state index is 10.8. The highest BCUT2D eigenvalue weighted by Gasteiger charge is 2.14. The van der Waals surface area contributed by atoms with Gasteiger partial charge in [-0.2, -0.15) is 0 Å². The number of benzene rings is 1. The van der Waals surface area contributed by atoms with Crippen molar-refractivity contribution >= 4 is 15.2 Å². The second kappa shape index (κ2) is 7.34. The molecule has 0 saturated carbocycles. The van der Waals surface area contributed by atoms with Crippen LogP contribution in [0.25, 0.3) is 0 Å². The molecular weight excluding hydrogens is 225 g/mol. The normalized spacial score (nSPS) is 12.9. The Morgan fingerprint density at radius 1 is 1.50 bits per heavy atom. The number of hydrogen-bond donors (Lipinski definition) is 1. The van der Waals surface area contributed by atoms with E-state index in [1.54, 1.807) is 0 Å². The smallest absolute Gasteiger partial charge is 0.234 e. The SMILES string of the molecule is CCC(PO)N(C=O)OCc1ccccc1. The molecule has 88 valence electrons. The molecule has 0 saturated heterocycles. The van der Waals surface area contributed by atoms with E-state index in [9.17, 15) is 4.79 Å². The Bertz CT molecular complexity index is 303. The van der Waals surface area contributed by atoms with Gasteiger partial charge in [0.2, 0.25) is 6.41 Å². The first-order valence-electron chi connectivity index (χ1n) is 5.12. The molecule has 0 aliphatic heterocycles. The molecule has 1 aromatic rings. The molecule has 4 nitrogen and oxygen atoms in total. The number of rotatable bonds is 7. The maximum Gasteiger partial charge on any atom is 0.234 e. The Balaban J connectivity index is 2.48. The summed E-state index contributed by atoms with van der Waals surface area (Å²) in [5, 5.41) is 1.19. The monoisotopic (exact) mass is 241 g/mol. The third kappa shape index (κ3) is 3.89. The number of carbonyl (C=O) groups excluding carboxylic acids is 1. The summed E-state index contributed by atoms with van der Waals surface area (Å²) in [6.45, 7) is 2.23. The molecule has 0 heterocycles. The van der Waals surface area contributed by atoms with Crippen LogP contribution in [-0.4, -0.2) is 22.1 Å².